The Hall–Kier alpha value is -1.16. The number of carbonyl (C=O) groups is 2. The molecule has 0 bridgehead atoms. The third kappa shape index (κ3) is 3.70. The van der Waals surface area contributed by atoms with Crippen molar-refractivity contribution in [3.63, 3.8) is 0 Å². The van der Waals surface area contributed by atoms with Crippen molar-refractivity contribution in [3.8, 4) is 0 Å². The summed E-state index contributed by atoms with van der Waals surface area (Å²) in [6, 6.07) is 7.82. The molecule has 0 fully saturated rings. The monoisotopic (exact) mass is 255 g/mol. The number of nitrogens with one attached hydrogen (secondary N) is 1. The van der Waals surface area contributed by atoms with E-state index in [1.165, 1.54) is 0 Å². The van der Waals surface area contributed by atoms with Gasteiger partial charge in [-0.15, -0.1) is 0 Å². The van der Waals surface area contributed by atoms with Gasteiger partial charge in [-0.2, -0.15) is 0 Å². The van der Waals surface area contributed by atoms with Gasteiger partial charge in [-0.05, 0) is 24.1 Å². The van der Waals surface area contributed by atoms with E-state index in [0.29, 0.717) is 6.54 Å². The van der Waals surface area contributed by atoms with Gasteiger partial charge < -0.3 is 5.32 Å². The lowest BCUT2D eigenvalue weighted by molar-refractivity contribution is -0.131. The number of carbonyl (C=O) groups excluding carboxylic acids is 2. The fourth-order valence-corrected chi connectivity index (χ4v) is 1.29. The Labute approximate surface area is 90.6 Å². The summed E-state index contributed by atoms with van der Waals surface area (Å²) in [5.41, 5.74) is 1.12. The summed E-state index contributed by atoms with van der Waals surface area (Å²) in [4.78, 5) is 20.5. The fourth-order valence-electron chi connectivity index (χ4n) is 1.02. The summed E-state index contributed by atoms with van der Waals surface area (Å²) in [5.74, 6) is -0.567. The van der Waals surface area contributed by atoms with Gasteiger partial charge in [0.2, 0.25) is 6.29 Å². The van der Waals surface area contributed by atoms with Crippen molar-refractivity contribution in [2.75, 3.05) is 6.54 Å². The molecule has 1 N–H and O–H groups in total. The second-order valence-electron chi connectivity index (χ2n) is 2.79. The number of aldehydes is 1. The molecule has 1 amide bonds. The van der Waals surface area contributed by atoms with E-state index in [4.69, 9.17) is 0 Å². The van der Waals surface area contributed by atoms with Crippen LogP contribution in [0.25, 0.3) is 0 Å². The quantitative estimate of drug-likeness (QED) is 0.652. The Balaban J connectivity index is 2.35. The number of halogens is 1. The Bertz CT molecular complexity index is 321. The van der Waals surface area contributed by atoms with Crippen molar-refractivity contribution in [3.05, 3.63) is 34.3 Å². The predicted molar refractivity (Wildman–Crippen MR) is 56.9 cm³/mol. The summed E-state index contributed by atoms with van der Waals surface area (Å²) in [6.45, 7) is 0.485. The van der Waals surface area contributed by atoms with E-state index in [0.717, 1.165) is 16.5 Å². The first-order valence-corrected chi connectivity index (χ1v) is 4.99. The lowest BCUT2D eigenvalue weighted by Crippen LogP contribution is -2.26. The maximum Gasteiger partial charge on any atom is 0.284 e. The van der Waals surface area contributed by atoms with E-state index >= 15 is 0 Å². The lowest BCUT2D eigenvalue weighted by Gasteiger charge is -2.01. The van der Waals surface area contributed by atoms with Crippen LogP contribution in [-0.2, 0) is 16.0 Å². The minimum atomic E-state index is -0.567. The maximum absolute atomic E-state index is 10.6. The standard InChI is InChI=1S/C10H10BrNO2/c11-9-3-1-8(2-4-9)5-6-12-10(14)7-13/h1-4,7H,5-6H2,(H,12,14). The summed E-state index contributed by atoms with van der Waals surface area (Å²) in [6.07, 6.45) is 1.01. The van der Waals surface area contributed by atoms with Crippen molar-refractivity contribution in [2.45, 2.75) is 6.42 Å². The topological polar surface area (TPSA) is 46.2 Å². The van der Waals surface area contributed by atoms with E-state index in [1.54, 1.807) is 0 Å². The molecule has 0 heterocycles. The van der Waals surface area contributed by atoms with Gasteiger partial charge in [-0.3, -0.25) is 9.59 Å². The third-order valence-electron chi connectivity index (χ3n) is 1.73. The molecule has 0 aliphatic rings. The fraction of sp³-hybridized carbons (Fsp3) is 0.200. The third-order valence-corrected chi connectivity index (χ3v) is 2.26. The smallest absolute Gasteiger partial charge is 0.284 e. The molecule has 0 aromatic heterocycles. The molecule has 0 unspecified atom stereocenters. The van der Waals surface area contributed by atoms with Gasteiger partial charge in [0.25, 0.3) is 5.91 Å². The molecule has 0 saturated heterocycles. The average Bonchev–Trinajstić information content (AvgIpc) is 2.21. The van der Waals surface area contributed by atoms with Gasteiger partial charge in [0.05, 0.1) is 0 Å². The molecular weight excluding hydrogens is 246 g/mol. The molecule has 0 atom stereocenters. The molecule has 0 spiro atoms. The Morgan fingerprint density at radius 1 is 1.36 bits per heavy atom. The van der Waals surface area contributed by atoms with Gasteiger partial charge in [-0.25, -0.2) is 0 Å². The number of hydrogen-bond donors (Lipinski definition) is 1. The van der Waals surface area contributed by atoms with Crippen LogP contribution in [0.5, 0.6) is 0 Å². The number of rotatable bonds is 4. The zero-order valence-corrected chi connectivity index (χ0v) is 9.08. The molecule has 0 saturated carbocycles. The molecule has 1 aromatic rings. The van der Waals surface area contributed by atoms with E-state index in [1.807, 2.05) is 24.3 Å². The molecule has 3 nitrogen and oxygen atoms in total. The van der Waals surface area contributed by atoms with Crippen LogP contribution in [0.4, 0.5) is 0 Å². The average molecular weight is 256 g/mol. The van der Waals surface area contributed by atoms with Crippen molar-refractivity contribution in [1.29, 1.82) is 0 Å². The number of hydrogen-bond acceptors (Lipinski definition) is 2. The highest BCUT2D eigenvalue weighted by Gasteiger charge is 1.97. The summed E-state index contributed by atoms with van der Waals surface area (Å²) in [5, 5.41) is 2.48. The van der Waals surface area contributed by atoms with E-state index in [9.17, 15) is 9.59 Å². The highest BCUT2D eigenvalue weighted by molar-refractivity contribution is 9.10. The van der Waals surface area contributed by atoms with Crippen LogP contribution >= 0.6 is 15.9 Å². The first kappa shape index (κ1) is 10.9. The molecule has 4 heteroatoms. The second kappa shape index (κ2) is 5.54. The lowest BCUT2D eigenvalue weighted by atomic mass is 10.1. The molecule has 0 aliphatic heterocycles. The molecule has 0 aliphatic carbocycles. The highest BCUT2D eigenvalue weighted by atomic mass is 79.9. The molecule has 14 heavy (non-hydrogen) atoms. The van der Waals surface area contributed by atoms with Crippen molar-refractivity contribution in [1.82, 2.24) is 5.32 Å². The largest absolute Gasteiger partial charge is 0.349 e. The van der Waals surface area contributed by atoms with Gasteiger partial charge in [0, 0.05) is 11.0 Å². The van der Waals surface area contributed by atoms with Gasteiger partial charge in [0.1, 0.15) is 0 Å². The van der Waals surface area contributed by atoms with E-state index in [2.05, 4.69) is 21.2 Å². The first-order chi connectivity index (χ1) is 6.72. The van der Waals surface area contributed by atoms with Crippen LogP contribution in [0.15, 0.2) is 28.7 Å². The molecule has 74 valence electrons. The molecule has 1 rings (SSSR count). The minimum absolute atomic E-state index is 0.279. The second-order valence-corrected chi connectivity index (χ2v) is 3.70. The maximum atomic E-state index is 10.6. The number of benzene rings is 1. The Morgan fingerprint density at radius 2 is 2.00 bits per heavy atom. The van der Waals surface area contributed by atoms with Crippen molar-refractivity contribution in [2.24, 2.45) is 0 Å². The van der Waals surface area contributed by atoms with Crippen molar-refractivity contribution >= 4 is 28.1 Å². The molecular formula is C10H10BrNO2. The Morgan fingerprint density at radius 3 is 2.57 bits per heavy atom. The first-order valence-electron chi connectivity index (χ1n) is 4.20. The van der Waals surface area contributed by atoms with Gasteiger partial charge >= 0.3 is 0 Å². The zero-order valence-electron chi connectivity index (χ0n) is 7.50. The van der Waals surface area contributed by atoms with Crippen LogP contribution < -0.4 is 5.32 Å². The SMILES string of the molecule is O=CC(=O)NCCc1ccc(Br)cc1. The van der Waals surface area contributed by atoms with Gasteiger partial charge in [-0.1, -0.05) is 28.1 Å². The summed E-state index contributed by atoms with van der Waals surface area (Å²) in [7, 11) is 0. The zero-order chi connectivity index (χ0) is 10.4. The summed E-state index contributed by atoms with van der Waals surface area (Å²) >= 11 is 3.33. The molecule has 0 radical (unpaired) electrons. The van der Waals surface area contributed by atoms with Gasteiger partial charge in [0.15, 0.2) is 0 Å². The minimum Gasteiger partial charge on any atom is -0.349 e. The van der Waals surface area contributed by atoms with E-state index < -0.39 is 5.91 Å². The Kier molecular flexibility index (Phi) is 4.32. The predicted octanol–water partition coefficient (Wildman–Crippen LogP) is 1.31. The highest BCUT2D eigenvalue weighted by Crippen LogP contribution is 2.10. The normalized spacial score (nSPS) is 9.50. The summed E-state index contributed by atoms with van der Waals surface area (Å²) < 4.78 is 1.03. The van der Waals surface area contributed by atoms with Crippen LogP contribution in [0.3, 0.4) is 0 Å². The van der Waals surface area contributed by atoms with Crippen LogP contribution in [-0.4, -0.2) is 18.7 Å². The van der Waals surface area contributed by atoms with Crippen LogP contribution in [0.2, 0.25) is 0 Å². The number of amides is 1. The molecule has 1 aromatic carbocycles. The van der Waals surface area contributed by atoms with E-state index in [-0.39, 0.29) is 6.29 Å². The van der Waals surface area contributed by atoms with Crippen molar-refractivity contribution < 1.29 is 9.59 Å². The van der Waals surface area contributed by atoms with Crippen LogP contribution in [0, 0.1) is 0 Å². The van der Waals surface area contributed by atoms with Crippen LogP contribution in [0.1, 0.15) is 5.56 Å².